The van der Waals surface area contributed by atoms with Gasteiger partial charge in [-0.15, -0.1) is 0 Å². The Labute approximate surface area is 152 Å². The van der Waals surface area contributed by atoms with Crippen LogP contribution in [0.3, 0.4) is 0 Å². The van der Waals surface area contributed by atoms with E-state index in [-0.39, 0.29) is 28.5 Å². The highest BCUT2D eigenvalue weighted by Gasteiger charge is 2.44. The Morgan fingerprint density at radius 2 is 1.29 bits per heavy atom. The number of piperazine rings is 1. The third kappa shape index (κ3) is 4.47. The maximum absolute atomic E-state index is 12.5. The topological polar surface area (TPSA) is 59.1 Å². The van der Waals surface area contributed by atoms with Crippen molar-refractivity contribution in [1.29, 1.82) is 0 Å². The number of thioether (sulfide) groups is 2. The first kappa shape index (κ1) is 19.6. The lowest BCUT2D eigenvalue weighted by molar-refractivity contribution is -0.150. The molecule has 0 N–H and O–H groups in total. The summed E-state index contributed by atoms with van der Waals surface area (Å²) < 4.78 is 11.3. The molecule has 0 radical (unpaired) electrons. The van der Waals surface area contributed by atoms with Gasteiger partial charge in [-0.3, -0.25) is 9.80 Å². The molecule has 24 heavy (non-hydrogen) atoms. The van der Waals surface area contributed by atoms with Crippen molar-refractivity contribution in [1.82, 2.24) is 9.80 Å². The van der Waals surface area contributed by atoms with Crippen molar-refractivity contribution in [2.45, 2.75) is 50.7 Å². The second kappa shape index (κ2) is 8.12. The number of likely N-dealkylation sites (N-methyl/N-ethyl adjacent to an activating group) is 2. The monoisotopic (exact) mass is 374 g/mol. The summed E-state index contributed by atoms with van der Waals surface area (Å²) in [5.74, 6) is -1.20. The van der Waals surface area contributed by atoms with Crippen LogP contribution in [0.4, 0.5) is 0 Å². The van der Waals surface area contributed by atoms with Crippen LogP contribution in [0.15, 0.2) is 9.81 Å². The van der Waals surface area contributed by atoms with E-state index >= 15 is 0 Å². The predicted octanol–water partition coefficient (Wildman–Crippen LogP) is 2.11. The van der Waals surface area contributed by atoms with Crippen molar-refractivity contribution >= 4 is 35.5 Å². The van der Waals surface area contributed by atoms with Gasteiger partial charge in [-0.2, -0.15) is 0 Å². The molecule has 2 aliphatic heterocycles. The molecule has 136 valence electrons. The molecule has 2 saturated heterocycles. The number of rotatable bonds is 4. The molecule has 0 aromatic heterocycles. The Bertz CT molecular complexity index is 492. The maximum atomic E-state index is 12.5. The fraction of sp³-hybridized carbons (Fsp3) is 0.750. The van der Waals surface area contributed by atoms with Crippen LogP contribution in [0, 0.1) is 0 Å². The predicted molar refractivity (Wildman–Crippen MR) is 97.5 cm³/mol. The molecule has 2 atom stereocenters. The van der Waals surface area contributed by atoms with E-state index in [1.807, 2.05) is 0 Å². The molecular weight excluding hydrogens is 348 g/mol. The number of hydrogen-bond donors (Lipinski definition) is 0. The van der Waals surface area contributed by atoms with Crippen molar-refractivity contribution in [3.05, 3.63) is 9.81 Å². The Hall–Kier alpha value is -0.700. The Kier molecular flexibility index (Phi) is 6.64. The molecule has 0 aliphatic carbocycles. The van der Waals surface area contributed by atoms with Gasteiger partial charge in [-0.25, -0.2) is 9.59 Å². The Morgan fingerprint density at radius 1 is 0.917 bits per heavy atom. The molecule has 0 amide bonds. The van der Waals surface area contributed by atoms with Crippen LogP contribution in [0.5, 0.6) is 0 Å². The first-order chi connectivity index (χ1) is 11.2. The number of carbonyl (C=O) groups excluding carboxylic acids is 2. The molecule has 0 spiro atoms. The standard InChI is InChI=1S/C16H26N2O4S2/c1-9(2)21-14(19)11(15(20)22-10(3)4)16-23-12-13(24-16)18(6)8-7-17(12)5/h9-10,12-13H,7-8H2,1-6H3. The minimum absolute atomic E-state index is 0.0311. The highest BCUT2D eigenvalue weighted by molar-refractivity contribution is 8.26. The van der Waals surface area contributed by atoms with E-state index in [0.29, 0.717) is 4.24 Å². The number of ether oxygens (including phenoxy) is 2. The van der Waals surface area contributed by atoms with E-state index in [1.165, 1.54) is 0 Å². The number of carbonyl (C=O) groups is 2. The van der Waals surface area contributed by atoms with Gasteiger partial charge in [0.05, 0.1) is 27.2 Å². The van der Waals surface area contributed by atoms with E-state index in [0.717, 1.165) is 13.1 Å². The van der Waals surface area contributed by atoms with E-state index in [2.05, 4.69) is 23.9 Å². The molecule has 0 aromatic rings. The van der Waals surface area contributed by atoms with Crippen molar-refractivity contribution in [3.63, 3.8) is 0 Å². The highest BCUT2D eigenvalue weighted by Crippen LogP contribution is 2.51. The summed E-state index contributed by atoms with van der Waals surface area (Å²) >= 11 is 3.10. The molecule has 2 fully saturated rings. The molecule has 2 aliphatic rings. The fourth-order valence-electron chi connectivity index (χ4n) is 2.46. The van der Waals surface area contributed by atoms with Crippen molar-refractivity contribution in [2.75, 3.05) is 27.2 Å². The highest BCUT2D eigenvalue weighted by atomic mass is 32.2. The van der Waals surface area contributed by atoms with Gasteiger partial charge in [0.2, 0.25) is 0 Å². The van der Waals surface area contributed by atoms with E-state index < -0.39 is 11.9 Å². The molecule has 2 rings (SSSR count). The van der Waals surface area contributed by atoms with E-state index in [1.54, 1.807) is 51.2 Å². The first-order valence-electron chi connectivity index (χ1n) is 8.10. The average molecular weight is 375 g/mol. The minimum Gasteiger partial charge on any atom is -0.459 e. The molecule has 0 aromatic carbocycles. The average Bonchev–Trinajstić information content (AvgIpc) is 2.87. The summed E-state index contributed by atoms with van der Waals surface area (Å²) in [7, 11) is 4.14. The van der Waals surface area contributed by atoms with Crippen molar-refractivity contribution in [3.8, 4) is 0 Å². The van der Waals surface area contributed by atoms with Gasteiger partial charge in [-0.05, 0) is 41.8 Å². The Balaban J connectivity index is 2.32. The van der Waals surface area contributed by atoms with Gasteiger partial charge in [0.15, 0.2) is 5.57 Å². The van der Waals surface area contributed by atoms with Gasteiger partial charge in [0.1, 0.15) is 0 Å². The van der Waals surface area contributed by atoms with Gasteiger partial charge >= 0.3 is 11.9 Å². The number of nitrogens with zero attached hydrogens (tertiary/aromatic N) is 2. The summed E-state index contributed by atoms with van der Waals surface area (Å²) in [6.07, 6.45) is -0.576. The lowest BCUT2D eigenvalue weighted by Gasteiger charge is -2.39. The Morgan fingerprint density at radius 3 is 1.62 bits per heavy atom. The van der Waals surface area contributed by atoms with Gasteiger partial charge in [0.25, 0.3) is 0 Å². The number of fused-ring (bicyclic) bond motifs is 1. The number of esters is 2. The quantitative estimate of drug-likeness (QED) is 0.321. The summed E-state index contributed by atoms with van der Waals surface area (Å²) in [4.78, 5) is 29.5. The molecule has 2 heterocycles. The lowest BCUT2D eigenvalue weighted by atomic mass is 10.3. The molecular formula is C16H26N2O4S2. The molecule has 0 saturated carbocycles. The lowest BCUT2D eigenvalue weighted by Crippen LogP contribution is -2.52. The third-order valence-electron chi connectivity index (χ3n) is 3.67. The van der Waals surface area contributed by atoms with Crippen LogP contribution in [0.2, 0.25) is 0 Å². The molecule has 2 unspecified atom stereocenters. The summed E-state index contributed by atoms with van der Waals surface area (Å²) in [5, 5.41) is 0.412. The number of hydrogen-bond acceptors (Lipinski definition) is 8. The maximum Gasteiger partial charge on any atom is 0.347 e. The third-order valence-corrected chi connectivity index (χ3v) is 6.98. The van der Waals surface area contributed by atoms with Gasteiger partial charge in [0, 0.05) is 13.1 Å². The van der Waals surface area contributed by atoms with Crippen LogP contribution in [-0.4, -0.2) is 71.9 Å². The van der Waals surface area contributed by atoms with Crippen LogP contribution in [-0.2, 0) is 19.1 Å². The molecule has 6 nitrogen and oxygen atoms in total. The van der Waals surface area contributed by atoms with Crippen molar-refractivity contribution in [2.24, 2.45) is 0 Å². The van der Waals surface area contributed by atoms with Gasteiger partial charge in [-0.1, -0.05) is 23.5 Å². The normalized spacial score (nSPS) is 25.1. The van der Waals surface area contributed by atoms with Crippen molar-refractivity contribution < 1.29 is 19.1 Å². The van der Waals surface area contributed by atoms with Crippen LogP contribution in [0.25, 0.3) is 0 Å². The summed E-state index contributed by atoms with van der Waals surface area (Å²) in [5.41, 5.74) is 0.0311. The zero-order valence-electron chi connectivity index (χ0n) is 15.1. The van der Waals surface area contributed by atoms with Crippen LogP contribution >= 0.6 is 23.5 Å². The van der Waals surface area contributed by atoms with Crippen LogP contribution < -0.4 is 0 Å². The molecule has 0 bridgehead atoms. The zero-order valence-corrected chi connectivity index (χ0v) is 16.7. The largest absolute Gasteiger partial charge is 0.459 e. The van der Waals surface area contributed by atoms with E-state index in [4.69, 9.17) is 9.47 Å². The van der Waals surface area contributed by atoms with E-state index in [9.17, 15) is 9.59 Å². The second-order valence-corrected chi connectivity index (χ2v) is 9.06. The smallest absolute Gasteiger partial charge is 0.347 e. The minimum atomic E-state index is -0.602. The summed E-state index contributed by atoms with van der Waals surface area (Å²) in [6.45, 7) is 8.99. The summed E-state index contributed by atoms with van der Waals surface area (Å²) in [6, 6.07) is 0. The zero-order chi connectivity index (χ0) is 18.0. The fourth-order valence-corrected chi connectivity index (χ4v) is 5.84. The SMILES string of the molecule is CC(C)OC(=O)C(C(=O)OC(C)C)=C1SC2C(S1)N(C)CCN2C. The second-order valence-electron chi connectivity index (χ2n) is 6.55. The van der Waals surface area contributed by atoms with Gasteiger partial charge < -0.3 is 9.47 Å². The first-order valence-corrected chi connectivity index (χ1v) is 9.86. The van der Waals surface area contributed by atoms with Crippen LogP contribution in [0.1, 0.15) is 27.7 Å². The molecule has 8 heteroatoms.